The molecule has 1 heterocycles. The van der Waals surface area contributed by atoms with Gasteiger partial charge in [-0.3, -0.25) is 4.79 Å². The molecular formula is C19H21ClF2N2O2. The van der Waals surface area contributed by atoms with E-state index < -0.39 is 6.61 Å². The first-order chi connectivity index (χ1) is 12.0. The van der Waals surface area contributed by atoms with Gasteiger partial charge in [-0.2, -0.15) is 8.78 Å². The van der Waals surface area contributed by atoms with E-state index in [9.17, 15) is 13.6 Å². The number of anilines is 2. The van der Waals surface area contributed by atoms with Crippen LogP contribution in [0.25, 0.3) is 0 Å². The van der Waals surface area contributed by atoms with Gasteiger partial charge >= 0.3 is 6.61 Å². The Morgan fingerprint density at radius 1 is 1.23 bits per heavy atom. The minimum atomic E-state index is -2.85. The summed E-state index contributed by atoms with van der Waals surface area (Å²) in [7, 11) is 0. The number of ether oxygens (including phenoxy) is 1. The smallest absolute Gasteiger partial charge is 0.387 e. The van der Waals surface area contributed by atoms with Gasteiger partial charge < -0.3 is 15.4 Å². The van der Waals surface area contributed by atoms with Gasteiger partial charge in [0.1, 0.15) is 5.75 Å². The Balaban J connectivity index is 0.00000243. The van der Waals surface area contributed by atoms with E-state index in [0.717, 1.165) is 29.7 Å². The van der Waals surface area contributed by atoms with Crippen molar-refractivity contribution in [2.24, 2.45) is 0 Å². The summed E-state index contributed by atoms with van der Waals surface area (Å²) in [5.74, 6) is 0.131. The van der Waals surface area contributed by atoms with Crippen LogP contribution in [0.2, 0.25) is 0 Å². The number of halogens is 3. The maximum absolute atomic E-state index is 12.6. The van der Waals surface area contributed by atoms with Crippen LogP contribution < -0.4 is 15.4 Å². The predicted octanol–water partition coefficient (Wildman–Crippen LogP) is 4.20. The first-order valence-corrected chi connectivity index (χ1v) is 8.26. The summed E-state index contributed by atoms with van der Waals surface area (Å²) in [5, 5.41) is 0. The van der Waals surface area contributed by atoms with E-state index >= 15 is 0 Å². The Bertz CT molecular complexity index is 771. The van der Waals surface area contributed by atoms with Crippen LogP contribution in [0.3, 0.4) is 0 Å². The standard InChI is InChI=1S/C19H20F2N2O2.ClH/c20-19(21)25-15-8-9-17-14(12-15)5-3-11-23(17)18(24)10-7-13-4-1-2-6-16(13)22;/h1-2,4,6,8-9,12,19H,3,5,7,10-11,22H2;1H. The summed E-state index contributed by atoms with van der Waals surface area (Å²) in [6.45, 7) is -2.22. The maximum atomic E-state index is 12.6. The fourth-order valence-corrected chi connectivity index (χ4v) is 3.15. The molecule has 4 nitrogen and oxygen atoms in total. The summed E-state index contributed by atoms with van der Waals surface area (Å²) in [5.41, 5.74) is 9.19. The third kappa shape index (κ3) is 4.64. The molecule has 3 rings (SSSR count). The van der Waals surface area contributed by atoms with Crippen molar-refractivity contribution >= 4 is 29.7 Å². The number of hydrogen-bond donors (Lipinski definition) is 1. The van der Waals surface area contributed by atoms with E-state index in [-0.39, 0.29) is 24.1 Å². The van der Waals surface area contributed by atoms with E-state index in [4.69, 9.17) is 5.73 Å². The molecule has 0 unspecified atom stereocenters. The Kier molecular flexibility index (Phi) is 6.80. The fraction of sp³-hybridized carbons (Fsp3) is 0.316. The molecule has 0 atom stereocenters. The molecule has 1 aliphatic rings. The molecule has 140 valence electrons. The van der Waals surface area contributed by atoms with Gasteiger partial charge in [0.25, 0.3) is 0 Å². The second-order valence-corrected chi connectivity index (χ2v) is 6.02. The molecule has 26 heavy (non-hydrogen) atoms. The Morgan fingerprint density at radius 2 is 2.00 bits per heavy atom. The third-order valence-corrected chi connectivity index (χ3v) is 4.36. The number of fused-ring (bicyclic) bond motifs is 1. The van der Waals surface area contributed by atoms with Gasteiger partial charge in [-0.15, -0.1) is 12.4 Å². The van der Waals surface area contributed by atoms with Crippen LogP contribution in [0, 0.1) is 0 Å². The summed E-state index contributed by atoms with van der Waals surface area (Å²) < 4.78 is 29.2. The number of hydrogen-bond acceptors (Lipinski definition) is 3. The van der Waals surface area contributed by atoms with E-state index in [1.807, 2.05) is 24.3 Å². The topological polar surface area (TPSA) is 55.6 Å². The molecule has 0 saturated heterocycles. The van der Waals surface area contributed by atoms with E-state index in [0.29, 0.717) is 25.1 Å². The number of nitrogen functional groups attached to an aromatic ring is 1. The molecule has 7 heteroatoms. The highest BCUT2D eigenvalue weighted by atomic mass is 35.5. The Morgan fingerprint density at radius 3 is 2.73 bits per heavy atom. The number of nitrogens with zero attached hydrogens (tertiary/aromatic N) is 1. The molecular weight excluding hydrogens is 362 g/mol. The number of carbonyl (C=O) groups excluding carboxylic acids is 1. The lowest BCUT2D eigenvalue weighted by atomic mass is 10.00. The number of aryl methyl sites for hydroxylation is 2. The van der Waals surface area contributed by atoms with Crippen molar-refractivity contribution in [2.45, 2.75) is 32.3 Å². The number of amides is 1. The van der Waals surface area contributed by atoms with Crippen molar-refractivity contribution in [2.75, 3.05) is 17.2 Å². The lowest BCUT2D eigenvalue weighted by Gasteiger charge is -2.30. The quantitative estimate of drug-likeness (QED) is 0.788. The summed E-state index contributed by atoms with van der Waals surface area (Å²) >= 11 is 0. The molecule has 0 fully saturated rings. The summed E-state index contributed by atoms with van der Waals surface area (Å²) in [6, 6.07) is 12.3. The largest absolute Gasteiger partial charge is 0.435 e. The van der Waals surface area contributed by atoms with Crippen LogP contribution >= 0.6 is 12.4 Å². The van der Waals surface area contributed by atoms with Crippen molar-refractivity contribution in [1.82, 2.24) is 0 Å². The summed E-state index contributed by atoms with van der Waals surface area (Å²) in [4.78, 5) is 14.4. The van der Waals surface area contributed by atoms with Crippen LogP contribution in [0.1, 0.15) is 24.0 Å². The van der Waals surface area contributed by atoms with Gasteiger partial charge in [0.2, 0.25) is 5.91 Å². The van der Waals surface area contributed by atoms with Gasteiger partial charge in [-0.25, -0.2) is 0 Å². The monoisotopic (exact) mass is 382 g/mol. The Labute approximate surface area is 157 Å². The van der Waals surface area contributed by atoms with Crippen molar-refractivity contribution in [1.29, 1.82) is 0 Å². The molecule has 1 amide bonds. The highest BCUT2D eigenvalue weighted by Gasteiger charge is 2.23. The van der Waals surface area contributed by atoms with Crippen molar-refractivity contribution in [3.63, 3.8) is 0 Å². The molecule has 0 saturated carbocycles. The van der Waals surface area contributed by atoms with Gasteiger partial charge in [0.15, 0.2) is 0 Å². The zero-order valence-corrected chi connectivity index (χ0v) is 15.0. The predicted molar refractivity (Wildman–Crippen MR) is 100 cm³/mol. The number of rotatable bonds is 5. The number of benzene rings is 2. The van der Waals surface area contributed by atoms with Crippen LogP contribution in [0.4, 0.5) is 20.2 Å². The van der Waals surface area contributed by atoms with Crippen molar-refractivity contribution < 1.29 is 18.3 Å². The summed E-state index contributed by atoms with van der Waals surface area (Å²) in [6.07, 6.45) is 2.46. The average Bonchev–Trinajstić information content (AvgIpc) is 2.59. The molecule has 0 radical (unpaired) electrons. The highest BCUT2D eigenvalue weighted by molar-refractivity contribution is 5.94. The van der Waals surface area contributed by atoms with E-state index in [1.54, 1.807) is 17.0 Å². The van der Waals surface area contributed by atoms with Gasteiger partial charge in [0.05, 0.1) is 0 Å². The molecule has 0 aliphatic carbocycles. The number of alkyl halides is 2. The lowest BCUT2D eigenvalue weighted by molar-refractivity contribution is -0.118. The highest BCUT2D eigenvalue weighted by Crippen LogP contribution is 2.31. The van der Waals surface area contributed by atoms with Crippen LogP contribution in [-0.4, -0.2) is 19.1 Å². The Hall–Kier alpha value is -2.34. The zero-order chi connectivity index (χ0) is 17.8. The second-order valence-electron chi connectivity index (χ2n) is 6.02. The second kappa shape index (κ2) is 8.85. The molecule has 0 bridgehead atoms. The lowest BCUT2D eigenvalue weighted by Crippen LogP contribution is -2.35. The molecule has 2 aromatic rings. The normalized spacial score (nSPS) is 13.1. The number of para-hydroxylation sites is 1. The van der Waals surface area contributed by atoms with Gasteiger partial charge in [-0.05, 0) is 54.7 Å². The van der Waals surface area contributed by atoms with E-state index in [2.05, 4.69) is 4.74 Å². The third-order valence-electron chi connectivity index (χ3n) is 4.36. The molecule has 2 aromatic carbocycles. The molecule has 0 aromatic heterocycles. The zero-order valence-electron chi connectivity index (χ0n) is 14.2. The van der Waals surface area contributed by atoms with Crippen molar-refractivity contribution in [3.8, 4) is 5.75 Å². The minimum absolute atomic E-state index is 0. The van der Waals surface area contributed by atoms with Crippen LogP contribution in [-0.2, 0) is 17.6 Å². The maximum Gasteiger partial charge on any atom is 0.387 e. The van der Waals surface area contributed by atoms with Gasteiger partial charge in [-0.1, -0.05) is 18.2 Å². The van der Waals surface area contributed by atoms with Crippen LogP contribution in [0.15, 0.2) is 42.5 Å². The first kappa shape index (κ1) is 20.0. The van der Waals surface area contributed by atoms with Crippen molar-refractivity contribution in [3.05, 3.63) is 53.6 Å². The number of nitrogens with two attached hydrogens (primary N) is 1. The number of carbonyl (C=O) groups is 1. The first-order valence-electron chi connectivity index (χ1n) is 8.26. The molecule has 0 spiro atoms. The SMILES string of the molecule is Cl.Nc1ccccc1CCC(=O)N1CCCc2cc(OC(F)F)ccc21. The van der Waals surface area contributed by atoms with E-state index in [1.165, 1.54) is 6.07 Å². The van der Waals surface area contributed by atoms with Gasteiger partial charge in [0, 0.05) is 24.3 Å². The molecule has 1 aliphatic heterocycles. The minimum Gasteiger partial charge on any atom is -0.435 e. The fourth-order valence-electron chi connectivity index (χ4n) is 3.15. The molecule has 2 N–H and O–H groups in total. The van der Waals surface area contributed by atoms with Crippen LogP contribution in [0.5, 0.6) is 5.75 Å². The average molecular weight is 383 g/mol.